The normalized spacial score (nSPS) is 40.1. The lowest BCUT2D eigenvalue weighted by atomic mass is 9.32. The van der Waals surface area contributed by atoms with Crippen LogP contribution in [0.2, 0.25) is 0 Å². The number of piperazine rings is 1. The fraction of sp³-hybridized carbons (Fsp3) is 0.867. The van der Waals surface area contributed by atoms with Gasteiger partial charge < -0.3 is 25.0 Å². The number of hydrogen-bond donors (Lipinski definition) is 2. The Kier molecular flexibility index (Phi) is 10.7. The molecule has 0 unspecified atom stereocenters. The van der Waals surface area contributed by atoms with E-state index in [1.807, 2.05) is 23.6 Å². The number of nitrogens with one attached hydrogen (secondary N) is 1. The molecule has 0 aromatic rings. The van der Waals surface area contributed by atoms with Gasteiger partial charge in [0.25, 0.3) is 0 Å². The van der Waals surface area contributed by atoms with Crippen LogP contribution in [0.5, 0.6) is 0 Å². The average molecular weight is 752 g/mol. The summed E-state index contributed by atoms with van der Waals surface area (Å²) in [5, 5.41) is 12.6. The number of allylic oxidation sites excluding steroid dienone is 1. The third-order valence-electron chi connectivity index (χ3n) is 17.5. The van der Waals surface area contributed by atoms with Crippen molar-refractivity contribution in [3.8, 4) is 0 Å². The highest BCUT2D eigenvalue weighted by Crippen LogP contribution is 2.78. The second kappa shape index (κ2) is 14.1. The largest absolute Gasteiger partial charge is 0.481 e. The standard InChI is InChI=1S/C45H73N3O6/c1-28(2)30-14-19-45(26-35(49)47-22-24-48(25-23-47)39(53)46-29(3)4)21-20-43(10)31(37(30)45)12-13-33-42(9)17-16-34(54-36(50)27-40(5,6)38(51)52)41(7,8)32(42)15-18-44(33,43)11/h29-34,37H,1,12-27H2,2-11H3,(H,46,53)(H,51,52)/t30-,31+,32-,33+,34-,37+,42-,43+,44+,45+/m0/s1. The minimum absolute atomic E-state index is 0.000457. The summed E-state index contributed by atoms with van der Waals surface area (Å²) in [5.74, 6) is 1.32. The van der Waals surface area contributed by atoms with Crippen LogP contribution >= 0.6 is 0 Å². The van der Waals surface area contributed by atoms with Crippen LogP contribution < -0.4 is 5.32 Å². The molecular weight excluding hydrogens is 679 g/mol. The molecule has 1 heterocycles. The van der Waals surface area contributed by atoms with Gasteiger partial charge in [-0.15, -0.1) is 0 Å². The van der Waals surface area contributed by atoms with Crippen molar-refractivity contribution >= 4 is 23.9 Å². The van der Waals surface area contributed by atoms with E-state index < -0.39 is 17.4 Å². The molecule has 10 atom stereocenters. The summed E-state index contributed by atoms with van der Waals surface area (Å²) in [5.41, 5.74) is 0.364. The van der Waals surface area contributed by atoms with E-state index >= 15 is 0 Å². The number of hydrogen-bond acceptors (Lipinski definition) is 5. The number of rotatable bonds is 8. The van der Waals surface area contributed by atoms with Crippen LogP contribution in [0.25, 0.3) is 0 Å². The molecule has 1 aliphatic heterocycles. The number of nitrogens with zero attached hydrogens (tertiary/aromatic N) is 2. The Morgan fingerprint density at radius 3 is 2.09 bits per heavy atom. The highest BCUT2D eigenvalue weighted by Gasteiger charge is 2.71. The maximum absolute atomic E-state index is 14.2. The molecule has 0 bridgehead atoms. The Morgan fingerprint density at radius 2 is 1.48 bits per heavy atom. The van der Waals surface area contributed by atoms with Gasteiger partial charge in [-0.1, -0.05) is 46.8 Å². The second-order valence-electron chi connectivity index (χ2n) is 21.4. The molecule has 3 amide bonds. The van der Waals surface area contributed by atoms with E-state index in [2.05, 4.69) is 53.4 Å². The number of ether oxygens (including phenoxy) is 1. The van der Waals surface area contributed by atoms with Crippen LogP contribution in [0, 0.1) is 62.1 Å². The number of amides is 3. The van der Waals surface area contributed by atoms with Crippen LogP contribution in [0.15, 0.2) is 12.2 Å². The van der Waals surface area contributed by atoms with Gasteiger partial charge in [0, 0.05) is 44.1 Å². The van der Waals surface area contributed by atoms with Gasteiger partial charge >= 0.3 is 18.0 Å². The number of carboxylic acid groups (broad SMARTS) is 1. The molecule has 0 aromatic heterocycles. The first kappa shape index (κ1) is 41.1. The van der Waals surface area contributed by atoms with Crippen molar-refractivity contribution < 1.29 is 29.0 Å². The highest BCUT2D eigenvalue weighted by atomic mass is 16.5. The lowest BCUT2D eigenvalue weighted by molar-refractivity contribution is -0.250. The quantitative estimate of drug-likeness (QED) is 0.189. The van der Waals surface area contributed by atoms with Gasteiger partial charge in [-0.3, -0.25) is 14.4 Å². The van der Waals surface area contributed by atoms with E-state index in [1.165, 1.54) is 18.4 Å². The topological polar surface area (TPSA) is 116 Å². The molecule has 5 saturated carbocycles. The molecule has 9 heteroatoms. The van der Waals surface area contributed by atoms with Crippen LogP contribution in [0.3, 0.4) is 0 Å². The Balaban J connectivity index is 1.20. The number of carbonyl (C=O) groups excluding carboxylic acids is 3. The van der Waals surface area contributed by atoms with Gasteiger partial charge in [0.1, 0.15) is 6.10 Å². The maximum Gasteiger partial charge on any atom is 0.317 e. The molecule has 6 aliphatic rings. The first-order chi connectivity index (χ1) is 25.0. The van der Waals surface area contributed by atoms with Gasteiger partial charge in [-0.25, -0.2) is 4.79 Å². The van der Waals surface area contributed by atoms with E-state index in [-0.39, 0.29) is 57.6 Å². The molecule has 1 saturated heterocycles. The van der Waals surface area contributed by atoms with Crippen molar-refractivity contribution in [3.05, 3.63) is 12.2 Å². The van der Waals surface area contributed by atoms with Crippen LogP contribution in [0.4, 0.5) is 4.79 Å². The van der Waals surface area contributed by atoms with Gasteiger partial charge in [0.15, 0.2) is 0 Å². The number of esters is 1. The lowest BCUT2D eigenvalue weighted by Crippen LogP contribution is -2.67. The first-order valence-electron chi connectivity index (χ1n) is 21.4. The molecule has 5 aliphatic carbocycles. The highest BCUT2D eigenvalue weighted by molar-refractivity contribution is 5.81. The van der Waals surface area contributed by atoms with Crippen molar-refractivity contribution in [2.24, 2.45) is 62.1 Å². The Morgan fingerprint density at radius 1 is 0.833 bits per heavy atom. The van der Waals surface area contributed by atoms with Gasteiger partial charge in [-0.2, -0.15) is 0 Å². The number of carbonyl (C=O) groups is 4. The molecule has 0 aromatic carbocycles. The van der Waals surface area contributed by atoms with Crippen molar-refractivity contribution in [1.82, 2.24) is 15.1 Å². The van der Waals surface area contributed by atoms with Crippen LogP contribution in [-0.4, -0.2) is 77.1 Å². The van der Waals surface area contributed by atoms with Crippen LogP contribution in [0.1, 0.15) is 146 Å². The Labute approximate surface area is 326 Å². The van der Waals surface area contributed by atoms with E-state index in [0.717, 1.165) is 51.4 Å². The summed E-state index contributed by atoms with van der Waals surface area (Å²) in [4.78, 5) is 55.7. The number of fused-ring (bicyclic) bond motifs is 7. The first-order valence-corrected chi connectivity index (χ1v) is 21.4. The zero-order valence-electron chi connectivity index (χ0n) is 35.4. The molecule has 2 N–H and O–H groups in total. The zero-order valence-corrected chi connectivity index (χ0v) is 35.4. The molecule has 6 fully saturated rings. The third-order valence-corrected chi connectivity index (χ3v) is 17.5. The summed E-state index contributed by atoms with van der Waals surface area (Å²) in [7, 11) is 0. The minimum atomic E-state index is -1.15. The summed E-state index contributed by atoms with van der Waals surface area (Å²) < 4.78 is 6.19. The fourth-order valence-corrected chi connectivity index (χ4v) is 14.3. The Bertz CT molecular complexity index is 1510. The van der Waals surface area contributed by atoms with Crippen molar-refractivity contribution in [2.75, 3.05) is 26.2 Å². The number of aliphatic carboxylic acids is 1. The maximum atomic E-state index is 14.2. The number of carboxylic acids is 1. The molecule has 54 heavy (non-hydrogen) atoms. The monoisotopic (exact) mass is 752 g/mol. The van der Waals surface area contributed by atoms with Crippen molar-refractivity contribution in [1.29, 1.82) is 0 Å². The summed E-state index contributed by atoms with van der Waals surface area (Å²) >= 11 is 0. The molecule has 6 rings (SSSR count). The molecular formula is C45H73N3O6. The fourth-order valence-electron chi connectivity index (χ4n) is 14.3. The van der Waals surface area contributed by atoms with E-state index in [0.29, 0.717) is 62.2 Å². The Hall–Kier alpha value is -2.58. The lowest BCUT2D eigenvalue weighted by Gasteiger charge is -2.73. The van der Waals surface area contributed by atoms with E-state index in [4.69, 9.17) is 4.74 Å². The van der Waals surface area contributed by atoms with Crippen molar-refractivity contribution in [3.63, 3.8) is 0 Å². The van der Waals surface area contributed by atoms with Gasteiger partial charge in [0.2, 0.25) is 5.91 Å². The summed E-state index contributed by atoms with van der Waals surface area (Å²) in [6, 6.07) is 0.0557. The van der Waals surface area contributed by atoms with Crippen molar-refractivity contribution in [2.45, 2.75) is 158 Å². The summed E-state index contributed by atoms with van der Waals surface area (Å²) in [6.45, 7) is 28.7. The molecule has 304 valence electrons. The van der Waals surface area contributed by atoms with E-state index in [1.54, 1.807) is 13.8 Å². The number of urea groups is 1. The average Bonchev–Trinajstić information content (AvgIpc) is 3.45. The smallest absolute Gasteiger partial charge is 0.317 e. The third kappa shape index (κ3) is 6.61. The minimum Gasteiger partial charge on any atom is -0.481 e. The predicted octanol–water partition coefficient (Wildman–Crippen LogP) is 8.71. The SMILES string of the molecule is C=C(C)[C@@H]1CC[C@]2(CC(=O)N3CCN(C(=O)NC(C)C)CC3)CC[C@]3(C)[C@H](CC[C@@H]4[C@@]5(C)CC[C@H](OC(=O)CC(C)(C)C(=O)O)C(C)(C)[C@@H]5CC[C@]43C)[C@@H]12. The predicted molar refractivity (Wildman–Crippen MR) is 211 cm³/mol. The van der Waals surface area contributed by atoms with Crippen LogP contribution in [-0.2, 0) is 19.1 Å². The molecule has 0 radical (unpaired) electrons. The van der Waals surface area contributed by atoms with E-state index in [9.17, 15) is 24.3 Å². The molecule has 9 nitrogen and oxygen atoms in total. The molecule has 0 spiro atoms. The van der Waals surface area contributed by atoms with Gasteiger partial charge in [-0.05, 0) is 150 Å². The second-order valence-corrected chi connectivity index (χ2v) is 21.4. The zero-order chi connectivity index (χ0) is 39.8. The van der Waals surface area contributed by atoms with Gasteiger partial charge in [0.05, 0.1) is 11.8 Å². The summed E-state index contributed by atoms with van der Waals surface area (Å²) in [6.07, 6.45) is 11.2.